The molecule has 0 aromatic carbocycles. The van der Waals surface area contributed by atoms with Gasteiger partial charge in [0.05, 0.1) is 12.2 Å². The summed E-state index contributed by atoms with van der Waals surface area (Å²) in [5.74, 6) is 1.73. The first kappa shape index (κ1) is 11.9. The van der Waals surface area contributed by atoms with Gasteiger partial charge in [-0.1, -0.05) is 6.42 Å². The lowest BCUT2D eigenvalue weighted by atomic mass is 9.97. The van der Waals surface area contributed by atoms with Crippen molar-refractivity contribution in [3.63, 3.8) is 0 Å². The molecule has 1 aliphatic carbocycles. The molecule has 1 aliphatic rings. The van der Waals surface area contributed by atoms with Gasteiger partial charge in [0.15, 0.2) is 0 Å². The Morgan fingerprint density at radius 3 is 2.88 bits per heavy atom. The molecule has 4 nitrogen and oxygen atoms in total. The smallest absolute Gasteiger partial charge is 0.213 e. The summed E-state index contributed by atoms with van der Waals surface area (Å²) in [6.07, 6.45) is 5.19. The van der Waals surface area contributed by atoms with Gasteiger partial charge in [-0.05, 0) is 37.3 Å². The molecule has 2 unspecified atom stereocenters. The Hall–Kier alpha value is -1.60. The second kappa shape index (κ2) is 5.65. The summed E-state index contributed by atoms with van der Waals surface area (Å²) in [5.41, 5.74) is 6.28. The van der Waals surface area contributed by atoms with Gasteiger partial charge in [0.2, 0.25) is 5.88 Å². The van der Waals surface area contributed by atoms with Crippen LogP contribution in [-0.2, 0) is 0 Å². The highest BCUT2D eigenvalue weighted by atomic mass is 16.5. The summed E-state index contributed by atoms with van der Waals surface area (Å²) in [6.45, 7) is 1.43. The van der Waals surface area contributed by atoms with E-state index in [1.54, 1.807) is 12.1 Å². The summed E-state index contributed by atoms with van der Waals surface area (Å²) in [6, 6.07) is 5.49. The van der Waals surface area contributed by atoms with Crippen molar-refractivity contribution >= 4 is 0 Å². The molecule has 17 heavy (non-hydrogen) atoms. The molecule has 0 bridgehead atoms. The number of aromatic nitrogens is 1. The van der Waals surface area contributed by atoms with E-state index in [-0.39, 0.29) is 0 Å². The molecule has 2 N–H and O–H groups in total. The van der Waals surface area contributed by atoms with Crippen LogP contribution in [0.5, 0.6) is 5.88 Å². The van der Waals surface area contributed by atoms with E-state index < -0.39 is 0 Å². The van der Waals surface area contributed by atoms with Crippen LogP contribution in [0.1, 0.15) is 24.8 Å². The van der Waals surface area contributed by atoms with Crippen molar-refractivity contribution in [3.8, 4) is 11.9 Å². The highest BCUT2D eigenvalue weighted by molar-refractivity contribution is 5.28. The quantitative estimate of drug-likeness (QED) is 0.856. The molecular weight excluding hydrogens is 214 g/mol. The Bertz CT molecular complexity index is 396. The Labute approximate surface area is 101 Å². The Kier molecular flexibility index (Phi) is 3.94. The number of pyridine rings is 1. The molecule has 0 radical (unpaired) electrons. The standard InChI is InChI=1S/C13H17N3O/c14-6-10-4-5-13(16-8-10)17-9-12-3-1-2-11(12)7-15/h4-5,8,11-12H,1-3,7,9,15H2. The number of hydrogen-bond acceptors (Lipinski definition) is 4. The largest absolute Gasteiger partial charge is 0.477 e. The van der Waals surface area contributed by atoms with E-state index in [0.717, 1.165) is 6.54 Å². The van der Waals surface area contributed by atoms with Gasteiger partial charge in [-0.2, -0.15) is 5.26 Å². The van der Waals surface area contributed by atoms with Gasteiger partial charge < -0.3 is 10.5 Å². The van der Waals surface area contributed by atoms with E-state index in [9.17, 15) is 0 Å². The molecule has 0 aliphatic heterocycles. The monoisotopic (exact) mass is 231 g/mol. The first-order chi connectivity index (χ1) is 8.33. The second-order valence-corrected chi connectivity index (χ2v) is 4.49. The minimum absolute atomic E-state index is 0.553. The first-order valence-corrected chi connectivity index (χ1v) is 6.02. The van der Waals surface area contributed by atoms with Crippen LogP contribution < -0.4 is 10.5 Å². The van der Waals surface area contributed by atoms with E-state index in [1.165, 1.54) is 25.5 Å². The van der Waals surface area contributed by atoms with Crippen molar-refractivity contribution in [2.45, 2.75) is 19.3 Å². The van der Waals surface area contributed by atoms with Gasteiger partial charge in [0.1, 0.15) is 6.07 Å². The van der Waals surface area contributed by atoms with Crippen LogP contribution in [0.2, 0.25) is 0 Å². The molecule has 2 rings (SSSR count). The molecule has 4 heteroatoms. The van der Waals surface area contributed by atoms with Crippen LogP contribution in [-0.4, -0.2) is 18.1 Å². The van der Waals surface area contributed by atoms with Crippen LogP contribution in [0, 0.1) is 23.2 Å². The van der Waals surface area contributed by atoms with E-state index in [0.29, 0.717) is 29.9 Å². The van der Waals surface area contributed by atoms with Gasteiger partial charge in [-0.3, -0.25) is 0 Å². The maximum atomic E-state index is 8.65. The molecule has 1 saturated carbocycles. The maximum Gasteiger partial charge on any atom is 0.213 e. The van der Waals surface area contributed by atoms with Crippen LogP contribution in [0.25, 0.3) is 0 Å². The van der Waals surface area contributed by atoms with Gasteiger partial charge in [0.25, 0.3) is 0 Å². The summed E-state index contributed by atoms with van der Waals surface area (Å²) in [7, 11) is 0. The van der Waals surface area contributed by atoms with E-state index >= 15 is 0 Å². The van der Waals surface area contributed by atoms with Crippen molar-refractivity contribution in [1.82, 2.24) is 4.98 Å². The summed E-state index contributed by atoms with van der Waals surface area (Å²) >= 11 is 0. The third-order valence-corrected chi connectivity index (χ3v) is 3.43. The predicted octanol–water partition coefficient (Wildman–Crippen LogP) is 1.71. The normalized spacial score (nSPS) is 23.3. The lowest BCUT2D eigenvalue weighted by molar-refractivity contribution is 0.210. The molecular formula is C13H17N3O. The van der Waals surface area contributed by atoms with Crippen molar-refractivity contribution in [3.05, 3.63) is 23.9 Å². The van der Waals surface area contributed by atoms with E-state index in [4.69, 9.17) is 15.7 Å². The SMILES string of the molecule is N#Cc1ccc(OCC2CCCC2CN)nc1. The van der Waals surface area contributed by atoms with Gasteiger partial charge in [0, 0.05) is 12.3 Å². The molecule has 1 aromatic heterocycles. The molecule has 0 amide bonds. The average Bonchev–Trinajstić information content (AvgIpc) is 2.84. The zero-order valence-corrected chi connectivity index (χ0v) is 9.80. The molecule has 1 fully saturated rings. The molecule has 0 spiro atoms. The molecule has 0 saturated heterocycles. The van der Waals surface area contributed by atoms with Crippen LogP contribution in [0.4, 0.5) is 0 Å². The average molecular weight is 231 g/mol. The third-order valence-electron chi connectivity index (χ3n) is 3.43. The first-order valence-electron chi connectivity index (χ1n) is 6.02. The fraction of sp³-hybridized carbons (Fsp3) is 0.538. The van der Waals surface area contributed by atoms with Crippen molar-refractivity contribution in [2.24, 2.45) is 17.6 Å². The highest BCUT2D eigenvalue weighted by Crippen LogP contribution is 2.31. The number of hydrogen-bond donors (Lipinski definition) is 1. The number of ether oxygens (including phenoxy) is 1. The summed E-state index contributed by atoms with van der Waals surface area (Å²) < 4.78 is 5.65. The number of nitriles is 1. The molecule has 1 aromatic rings. The third kappa shape index (κ3) is 2.95. The Morgan fingerprint density at radius 2 is 2.24 bits per heavy atom. The minimum atomic E-state index is 0.553. The Balaban J connectivity index is 1.87. The zero-order valence-electron chi connectivity index (χ0n) is 9.80. The van der Waals surface area contributed by atoms with Crippen molar-refractivity contribution < 1.29 is 4.74 Å². The summed E-state index contributed by atoms with van der Waals surface area (Å²) in [5, 5.41) is 8.65. The van der Waals surface area contributed by atoms with Crippen LogP contribution in [0.3, 0.4) is 0 Å². The number of nitrogens with two attached hydrogens (primary N) is 1. The summed E-state index contributed by atoms with van der Waals surface area (Å²) in [4.78, 5) is 4.09. The van der Waals surface area contributed by atoms with E-state index in [1.807, 2.05) is 6.07 Å². The fourth-order valence-electron chi connectivity index (χ4n) is 2.37. The number of rotatable bonds is 4. The topological polar surface area (TPSA) is 71.9 Å². The lowest BCUT2D eigenvalue weighted by Crippen LogP contribution is -2.23. The molecule has 2 atom stereocenters. The van der Waals surface area contributed by atoms with Crippen LogP contribution in [0.15, 0.2) is 18.3 Å². The second-order valence-electron chi connectivity index (χ2n) is 4.49. The van der Waals surface area contributed by atoms with Gasteiger partial charge >= 0.3 is 0 Å². The van der Waals surface area contributed by atoms with Gasteiger partial charge in [-0.25, -0.2) is 4.98 Å². The van der Waals surface area contributed by atoms with Crippen molar-refractivity contribution in [1.29, 1.82) is 5.26 Å². The molecule has 90 valence electrons. The van der Waals surface area contributed by atoms with Crippen molar-refractivity contribution in [2.75, 3.05) is 13.2 Å². The highest BCUT2D eigenvalue weighted by Gasteiger charge is 2.26. The fourth-order valence-corrected chi connectivity index (χ4v) is 2.37. The predicted molar refractivity (Wildman–Crippen MR) is 64.3 cm³/mol. The van der Waals surface area contributed by atoms with Crippen LogP contribution >= 0.6 is 0 Å². The minimum Gasteiger partial charge on any atom is -0.477 e. The Morgan fingerprint density at radius 1 is 1.41 bits per heavy atom. The lowest BCUT2D eigenvalue weighted by Gasteiger charge is -2.17. The van der Waals surface area contributed by atoms with E-state index in [2.05, 4.69) is 4.98 Å². The van der Waals surface area contributed by atoms with Gasteiger partial charge in [-0.15, -0.1) is 0 Å². The zero-order chi connectivity index (χ0) is 12.1. The number of nitrogens with zero attached hydrogens (tertiary/aromatic N) is 2. The maximum absolute atomic E-state index is 8.65. The molecule has 1 heterocycles.